The summed E-state index contributed by atoms with van der Waals surface area (Å²) in [5.74, 6) is -0.233. The molecule has 0 radical (unpaired) electrons. The van der Waals surface area contributed by atoms with Crippen molar-refractivity contribution < 1.29 is 14.6 Å². The number of aromatic nitrogens is 2. The number of rotatable bonds is 3. The second kappa shape index (κ2) is 4.77. The zero-order valence-electron chi connectivity index (χ0n) is 10.0. The van der Waals surface area contributed by atoms with Crippen LogP contribution >= 0.6 is 0 Å². The van der Waals surface area contributed by atoms with Crippen LogP contribution in [-0.4, -0.2) is 39.8 Å². The summed E-state index contributed by atoms with van der Waals surface area (Å²) in [7, 11) is 0. The van der Waals surface area contributed by atoms with E-state index in [1.807, 2.05) is 0 Å². The number of hydrogen-bond donors (Lipinski definition) is 3. The first-order valence-electron chi connectivity index (χ1n) is 5.69. The number of anilines is 1. The van der Waals surface area contributed by atoms with Crippen molar-refractivity contribution in [2.24, 2.45) is 0 Å². The number of carbonyl (C=O) groups is 1. The van der Waals surface area contributed by atoms with Gasteiger partial charge in [0.2, 0.25) is 0 Å². The van der Waals surface area contributed by atoms with E-state index >= 15 is 0 Å². The van der Waals surface area contributed by atoms with Crippen LogP contribution in [0.5, 0.6) is 0 Å². The molecule has 18 heavy (non-hydrogen) atoms. The molecule has 7 nitrogen and oxygen atoms in total. The van der Waals surface area contributed by atoms with Crippen molar-refractivity contribution >= 4 is 11.8 Å². The van der Waals surface area contributed by atoms with Gasteiger partial charge in [0, 0.05) is 32.1 Å². The lowest BCUT2D eigenvalue weighted by atomic mass is 9.90. The molecule has 1 fully saturated rings. The number of aryl methyl sites for hydroxylation is 1. The monoisotopic (exact) mass is 253 g/mol. The van der Waals surface area contributed by atoms with Crippen LogP contribution < -0.4 is 10.9 Å². The Kier molecular flexibility index (Phi) is 3.33. The average molecular weight is 253 g/mol. The normalized spacial score (nSPS) is 18.3. The number of ether oxygens (including phenoxy) is 1. The second-order valence-electron chi connectivity index (χ2n) is 4.34. The lowest BCUT2D eigenvalue weighted by Gasteiger charge is -2.34. The molecular formula is C11H15N3O4. The quantitative estimate of drug-likeness (QED) is 0.707. The van der Waals surface area contributed by atoms with Gasteiger partial charge in [0.1, 0.15) is 17.2 Å². The van der Waals surface area contributed by atoms with Gasteiger partial charge in [-0.05, 0) is 6.92 Å². The molecule has 1 aromatic heterocycles. The fourth-order valence-electron chi connectivity index (χ4n) is 2.00. The fraction of sp³-hybridized carbons (Fsp3) is 0.545. The van der Waals surface area contributed by atoms with E-state index in [1.54, 1.807) is 6.92 Å². The number of aromatic amines is 1. The summed E-state index contributed by atoms with van der Waals surface area (Å²) in [4.78, 5) is 29.3. The molecule has 0 unspecified atom stereocenters. The van der Waals surface area contributed by atoms with Gasteiger partial charge < -0.3 is 20.1 Å². The number of hydrogen-bond acceptors (Lipinski definition) is 5. The van der Waals surface area contributed by atoms with Crippen LogP contribution in [0.3, 0.4) is 0 Å². The van der Waals surface area contributed by atoms with Gasteiger partial charge in [-0.2, -0.15) is 0 Å². The Labute approximate surface area is 103 Å². The van der Waals surface area contributed by atoms with Gasteiger partial charge in [-0.15, -0.1) is 0 Å². The Morgan fingerprint density at radius 3 is 2.78 bits per heavy atom. The highest BCUT2D eigenvalue weighted by Gasteiger charge is 2.40. The maximum atomic E-state index is 11.4. The lowest BCUT2D eigenvalue weighted by Crippen LogP contribution is -2.50. The molecule has 1 aliphatic heterocycles. The van der Waals surface area contributed by atoms with Crippen LogP contribution in [0.15, 0.2) is 10.9 Å². The van der Waals surface area contributed by atoms with Crippen molar-refractivity contribution in [2.45, 2.75) is 25.3 Å². The largest absolute Gasteiger partial charge is 0.480 e. The number of nitrogens with one attached hydrogen (secondary N) is 2. The predicted molar refractivity (Wildman–Crippen MR) is 63.6 cm³/mol. The summed E-state index contributed by atoms with van der Waals surface area (Å²) in [6, 6.07) is 1.26. The van der Waals surface area contributed by atoms with Crippen molar-refractivity contribution in [2.75, 3.05) is 18.5 Å². The summed E-state index contributed by atoms with van der Waals surface area (Å²) < 4.78 is 5.17. The van der Waals surface area contributed by atoms with E-state index < -0.39 is 11.5 Å². The van der Waals surface area contributed by atoms with E-state index in [9.17, 15) is 14.7 Å². The number of carboxylic acid groups (broad SMARTS) is 1. The molecule has 98 valence electrons. The third kappa shape index (κ3) is 2.51. The van der Waals surface area contributed by atoms with E-state index in [0.717, 1.165) is 0 Å². The fourth-order valence-corrected chi connectivity index (χ4v) is 2.00. The second-order valence-corrected chi connectivity index (χ2v) is 4.34. The standard InChI is InChI=1S/C11H15N3O4/c1-7-12-8(6-9(15)13-7)14-11(10(16)17)2-4-18-5-3-11/h6H,2-5H2,1H3,(H,16,17)(H2,12,13,14,15). The first kappa shape index (κ1) is 12.6. The Hall–Kier alpha value is -1.89. The molecule has 0 spiro atoms. The first-order chi connectivity index (χ1) is 8.52. The summed E-state index contributed by atoms with van der Waals surface area (Å²) in [6.45, 7) is 2.40. The topological polar surface area (TPSA) is 104 Å². The van der Waals surface area contributed by atoms with Crippen LogP contribution in [0.4, 0.5) is 5.82 Å². The van der Waals surface area contributed by atoms with E-state index in [-0.39, 0.29) is 11.4 Å². The number of carboxylic acids is 1. The van der Waals surface area contributed by atoms with Gasteiger partial charge in [-0.25, -0.2) is 9.78 Å². The highest BCUT2D eigenvalue weighted by Crippen LogP contribution is 2.25. The molecule has 7 heteroatoms. The molecule has 1 aliphatic rings. The predicted octanol–water partition coefficient (Wildman–Crippen LogP) is 0.124. The van der Waals surface area contributed by atoms with Crippen LogP contribution in [0, 0.1) is 6.92 Å². The first-order valence-corrected chi connectivity index (χ1v) is 5.69. The lowest BCUT2D eigenvalue weighted by molar-refractivity contribution is -0.145. The van der Waals surface area contributed by atoms with Crippen LogP contribution in [0.1, 0.15) is 18.7 Å². The van der Waals surface area contributed by atoms with Crippen molar-refractivity contribution in [3.05, 3.63) is 22.2 Å². The summed E-state index contributed by atoms with van der Waals surface area (Å²) in [5, 5.41) is 12.2. The smallest absolute Gasteiger partial charge is 0.329 e. The maximum Gasteiger partial charge on any atom is 0.329 e. The molecule has 0 amide bonds. The van der Waals surface area contributed by atoms with E-state index in [4.69, 9.17) is 4.74 Å². The molecule has 3 N–H and O–H groups in total. The minimum absolute atomic E-state index is 0.278. The molecule has 1 aromatic rings. The Morgan fingerprint density at radius 2 is 2.22 bits per heavy atom. The van der Waals surface area contributed by atoms with Crippen molar-refractivity contribution in [3.63, 3.8) is 0 Å². The molecule has 2 heterocycles. The highest BCUT2D eigenvalue weighted by molar-refractivity contribution is 5.82. The SMILES string of the molecule is Cc1nc(NC2(C(=O)O)CCOCC2)cc(=O)[nH]1. The summed E-state index contributed by atoms with van der Waals surface area (Å²) >= 11 is 0. The zero-order chi connectivity index (χ0) is 13.2. The third-order valence-electron chi connectivity index (χ3n) is 2.98. The average Bonchev–Trinajstić information content (AvgIpc) is 2.28. The van der Waals surface area contributed by atoms with Crippen LogP contribution in [-0.2, 0) is 9.53 Å². The minimum Gasteiger partial charge on any atom is -0.480 e. The van der Waals surface area contributed by atoms with Gasteiger partial charge in [-0.3, -0.25) is 4.79 Å². The van der Waals surface area contributed by atoms with Crippen LogP contribution in [0.2, 0.25) is 0 Å². The highest BCUT2D eigenvalue weighted by atomic mass is 16.5. The van der Waals surface area contributed by atoms with E-state index in [0.29, 0.717) is 31.9 Å². The van der Waals surface area contributed by atoms with E-state index in [2.05, 4.69) is 15.3 Å². The molecule has 2 rings (SSSR count). The van der Waals surface area contributed by atoms with Gasteiger partial charge in [0.25, 0.3) is 5.56 Å². The molecule has 0 atom stereocenters. The number of nitrogens with zero attached hydrogens (tertiary/aromatic N) is 1. The minimum atomic E-state index is -1.11. The van der Waals surface area contributed by atoms with Gasteiger partial charge in [0.05, 0.1) is 0 Å². The molecule has 1 saturated heterocycles. The molecule has 0 aliphatic carbocycles. The third-order valence-corrected chi connectivity index (χ3v) is 2.98. The zero-order valence-corrected chi connectivity index (χ0v) is 10.0. The van der Waals surface area contributed by atoms with E-state index in [1.165, 1.54) is 6.07 Å². The van der Waals surface area contributed by atoms with Crippen LogP contribution in [0.25, 0.3) is 0 Å². The Bertz CT molecular complexity index is 505. The van der Waals surface area contributed by atoms with Gasteiger partial charge in [-0.1, -0.05) is 0 Å². The Balaban J connectivity index is 2.28. The van der Waals surface area contributed by atoms with Crippen molar-refractivity contribution in [1.82, 2.24) is 9.97 Å². The van der Waals surface area contributed by atoms with Crippen molar-refractivity contribution in [3.8, 4) is 0 Å². The van der Waals surface area contributed by atoms with Gasteiger partial charge in [0.15, 0.2) is 0 Å². The van der Waals surface area contributed by atoms with Gasteiger partial charge >= 0.3 is 5.97 Å². The molecule has 0 saturated carbocycles. The summed E-state index contributed by atoms with van der Waals surface area (Å²) in [5.41, 5.74) is -1.41. The maximum absolute atomic E-state index is 11.4. The summed E-state index contributed by atoms with van der Waals surface area (Å²) in [6.07, 6.45) is 0.686. The molecule has 0 bridgehead atoms. The molecule has 0 aromatic carbocycles. The van der Waals surface area contributed by atoms with Crippen molar-refractivity contribution in [1.29, 1.82) is 0 Å². The number of H-pyrrole nitrogens is 1. The molecular weight excluding hydrogens is 238 g/mol. The number of aliphatic carboxylic acids is 1. The Morgan fingerprint density at radius 1 is 1.56 bits per heavy atom.